The number of thioether (sulfide) groups is 1. The summed E-state index contributed by atoms with van der Waals surface area (Å²) in [6, 6.07) is 8.24. The van der Waals surface area contributed by atoms with E-state index in [4.69, 9.17) is 4.74 Å². The van der Waals surface area contributed by atoms with Crippen molar-refractivity contribution >= 4 is 41.3 Å². The number of benzene rings is 1. The standard InChI is InChI=1S/C20H20N2O7S/c1-11(23)7-15(25)29-9-13-10-30-19-16(18(26)22(19)17(13)20(27)28)21-14(24)8-12-5-3-2-4-6-12/h2-6,16,19H,7-10H2,1H3,(H,21,24)(H,27,28)/t16?,19-/m1/s1. The number of aliphatic carboxylic acids is 1. The van der Waals surface area contributed by atoms with Crippen molar-refractivity contribution in [2.75, 3.05) is 12.4 Å². The Labute approximate surface area is 176 Å². The van der Waals surface area contributed by atoms with Gasteiger partial charge in [0, 0.05) is 11.3 Å². The Morgan fingerprint density at radius 3 is 2.57 bits per heavy atom. The largest absolute Gasteiger partial charge is 0.477 e. The van der Waals surface area contributed by atoms with Gasteiger partial charge in [-0.05, 0) is 12.5 Å². The third-order valence-electron chi connectivity index (χ3n) is 4.57. The first-order valence-corrected chi connectivity index (χ1v) is 10.2. The molecule has 30 heavy (non-hydrogen) atoms. The number of ether oxygens (including phenoxy) is 1. The van der Waals surface area contributed by atoms with Crippen molar-refractivity contribution in [3.8, 4) is 0 Å². The Bertz CT molecular complexity index is 928. The molecule has 0 spiro atoms. The van der Waals surface area contributed by atoms with Crippen molar-refractivity contribution < 1.29 is 33.8 Å². The zero-order valence-corrected chi connectivity index (χ0v) is 16.9. The molecule has 2 heterocycles. The molecule has 10 heteroatoms. The number of fused-ring (bicyclic) bond motifs is 1. The molecule has 9 nitrogen and oxygen atoms in total. The first-order chi connectivity index (χ1) is 14.3. The maximum atomic E-state index is 12.6. The van der Waals surface area contributed by atoms with Crippen LogP contribution < -0.4 is 5.32 Å². The van der Waals surface area contributed by atoms with Crippen molar-refractivity contribution in [2.24, 2.45) is 0 Å². The van der Waals surface area contributed by atoms with Gasteiger partial charge in [-0.15, -0.1) is 11.8 Å². The van der Waals surface area contributed by atoms with E-state index >= 15 is 0 Å². The molecule has 0 saturated carbocycles. The summed E-state index contributed by atoms with van der Waals surface area (Å²) in [5, 5.41) is 11.7. The lowest BCUT2D eigenvalue weighted by atomic mass is 10.0. The van der Waals surface area contributed by atoms with Gasteiger partial charge in [0.15, 0.2) is 0 Å². The van der Waals surface area contributed by atoms with Gasteiger partial charge in [-0.25, -0.2) is 4.79 Å². The molecule has 3 rings (SSSR count). The molecular formula is C20H20N2O7S. The minimum atomic E-state index is -1.32. The molecule has 0 aromatic heterocycles. The molecule has 1 aromatic rings. The number of carboxylic acids is 1. The van der Waals surface area contributed by atoms with Crippen LogP contribution in [0.25, 0.3) is 0 Å². The lowest BCUT2D eigenvalue weighted by Crippen LogP contribution is -2.70. The first-order valence-electron chi connectivity index (χ1n) is 9.16. The van der Waals surface area contributed by atoms with Crippen LogP contribution in [-0.2, 0) is 35.1 Å². The Morgan fingerprint density at radius 1 is 1.23 bits per heavy atom. The zero-order valence-electron chi connectivity index (χ0n) is 16.1. The van der Waals surface area contributed by atoms with Gasteiger partial charge >= 0.3 is 11.9 Å². The summed E-state index contributed by atoms with van der Waals surface area (Å²) < 4.78 is 4.97. The van der Waals surface area contributed by atoms with E-state index in [1.807, 2.05) is 18.2 Å². The fourth-order valence-electron chi connectivity index (χ4n) is 3.22. The number of carboxylic acid groups (broad SMARTS) is 1. The number of rotatable bonds is 8. The summed E-state index contributed by atoms with van der Waals surface area (Å²) in [5.41, 5.74) is 0.826. The number of carbonyl (C=O) groups is 5. The van der Waals surface area contributed by atoms with Crippen molar-refractivity contribution in [3.05, 3.63) is 47.2 Å². The Balaban J connectivity index is 1.65. The van der Waals surface area contributed by atoms with Crippen LogP contribution in [0.3, 0.4) is 0 Å². The number of hydrogen-bond donors (Lipinski definition) is 2. The van der Waals surface area contributed by atoms with Gasteiger partial charge in [0.1, 0.15) is 35.9 Å². The van der Waals surface area contributed by atoms with Crippen LogP contribution in [-0.4, -0.2) is 63.3 Å². The lowest BCUT2D eigenvalue weighted by Gasteiger charge is -2.49. The summed E-state index contributed by atoms with van der Waals surface area (Å²) in [4.78, 5) is 60.2. The molecule has 0 aliphatic carbocycles. The topological polar surface area (TPSA) is 130 Å². The molecule has 1 saturated heterocycles. The smallest absolute Gasteiger partial charge is 0.352 e. The number of carbonyl (C=O) groups excluding carboxylic acids is 4. The second-order valence-corrected chi connectivity index (χ2v) is 8.02. The molecule has 2 N–H and O–H groups in total. The molecule has 2 aliphatic rings. The molecular weight excluding hydrogens is 412 g/mol. The van der Waals surface area contributed by atoms with Crippen molar-refractivity contribution in [2.45, 2.75) is 31.2 Å². The van der Waals surface area contributed by atoms with Crippen molar-refractivity contribution in [1.29, 1.82) is 0 Å². The molecule has 158 valence electrons. The SMILES string of the molecule is CC(=O)CC(=O)OCC1=C(C(=O)O)N2C(=O)C(NC(=O)Cc3ccccc3)[C@H]2SC1. The second-order valence-electron chi connectivity index (χ2n) is 6.91. The van der Waals surface area contributed by atoms with Crippen LogP contribution in [0.15, 0.2) is 41.6 Å². The Kier molecular flexibility index (Phi) is 6.56. The quantitative estimate of drug-likeness (QED) is 0.345. The average Bonchev–Trinajstić information content (AvgIpc) is 2.69. The predicted molar refractivity (Wildman–Crippen MR) is 106 cm³/mol. The number of esters is 1. The lowest BCUT2D eigenvalue weighted by molar-refractivity contribution is -0.151. The van der Waals surface area contributed by atoms with Crippen LogP contribution in [0.1, 0.15) is 18.9 Å². The van der Waals surface area contributed by atoms with Crippen LogP contribution >= 0.6 is 11.8 Å². The summed E-state index contributed by atoms with van der Waals surface area (Å²) >= 11 is 1.28. The highest BCUT2D eigenvalue weighted by Crippen LogP contribution is 2.40. The normalized spacial score (nSPS) is 20.2. The third kappa shape index (κ3) is 4.70. The van der Waals surface area contributed by atoms with E-state index in [0.29, 0.717) is 0 Å². The van der Waals surface area contributed by atoms with Gasteiger partial charge in [-0.2, -0.15) is 0 Å². The van der Waals surface area contributed by atoms with Gasteiger partial charge in [0.25, 0.3) is 5.91 Å². The van der Waals surface area contributed by atoms with E-state index in [1.54, 1.807) is 12.1 Å². The van der Waals surface area contributed by atoms with Crippen LogP contribution in [0.5, 0.6) is 0 Å². The fraction of sp³-hybridized carbons (Fsp3) is 0.350. The van der Waals surface area contributed by atoms with Gasteiger partial charge in [-0.3, -0.25) is 24.1 Å². The molecule has 1 aromatic carbocycles. The number of ketones is 1. The van der Waals surface area contributed by atoms with E-state index in [0.717, 1.165) is 10.5 Å². The Morgan fingerprint density at radius 2 is 1.93 bits per heavy atom. The van der Waals surface area contributed by atoms with E-state index in [2.05, 4.69) is 5.32 Å². The van der Waals surface area contributed by atoms with Gasteiger partial charge in [0.05, 0.1) is 6.42 Å². The number of β-lactam (4-membered cyclic amide) rings is 1. The summed E-state index contributed by atoms with van der Waals surface area (Å²) in [7, 11) is 0. The molecule has 0 bridgehead atoms. The molecule has 1 fully saturated rings. The first kappa shape index (κ1) is 21.6. The summed E-state index contributed by atoms with van der Waals surface area (Å²) in [6.07, 6.45) is -0.287. The van der Waals surface area contributed by atoms with Gasteiger partial charge < -0.3 is 15.2 Å². The highest BCUT2D eigenvalue weighted by molar-refractivity contribution is 8.00. The number of hydrogen-bond acceptors (Lipinski definition) is 7. The molecule has 2 atom stereocenters. The fourth-order valence-corrected chi connectivity index (χ4v) is 4.55. The van der Waals surface area contributed by atoms with Crippen molar-refractivity contribution in [3.63, 3.8) is 0 Å². The maximum absolute atomic E-state index is 12.6. The monoisotopic (exact) mass is 432 g/mol. The van der Waals surface area contributed by atoms with E-state index < -0.39 is 35.7 Å². The highest BCUT2D eigenvalue weighted by atomic mass is 32.2. The number of nitrogens with one attached hydrogen (secondary N) is 1. The van der Waals surface area contributed by atoms with Crippen molar-refractivity contribution in [1.82, 2.24) is 10.2 Å². The maximum Gasteiger partial charge on any atom is 0.352 e. The highest BCUT2D eigenvalue weighted by Gasteiger charge is 2.54. The summed E-state index contributed by atoms with van der Waals surface area (Å²) in [5.74, 6) is -3.08. The number of Topliss-reactive ketones (excluding diaryl/α,β-unsaturated/α-hetero) is 1. The molecule has 0 radical (unpaired) electrons. The van der Waals surface area contributed by atoms with Gasteiger partial charge in [-0.1, -0.05) is 30.3 Å². The number of amides is 2. The summed E-state index contributed by atoms with van der Waals surface area (Å²) in [6.45, 7) is 0.928. The number of nitrogens with zero attached hydrogens (tertiary/aromatic N) is 1. The molecule has 1 unspecified atom stereocenters. The van der Waals surface area contributed by atoms with E-state index in [9.17, 15) is 29.1 Å². The minimum Gasteiger partial charge on any atom is -0.477 e. The van der Waals surface area contributed by atoms with Crippen LogP contribution in [0, 0.1) is 0 Å². The zero-order chi connectivity index (χ0) is 21.8. The van der Waals surface area contributed by atoms with Gasteiger partial charge in [0.2, 0.25) is 5.91 Å². The Hall–Kier alpha value is -3.14. The van der Waals surface area contributed by atoms with Crippen LogP contribution in [0.4, 0.5) is 0 Å². The molecule has 2 amide bonds. The minimum absolute atomic E-state index is 0.112. The third-order valence-corrected chi connectivity index (χ3v) is 5.91. The second kappa shape index (κ2) is 9.12. The predicted octanol–water partition coefficient (Wildman–Crippen LogP) is 0.490. The average molecular weight is 432 g/mol. The van der Waals surface area contributed by atoms with Crippen LogP contribution in [0.2, 0.25) is 0 Å². The molecule has 2 aliphatic heterocycles. The van der Waals surface area contributed by atoms with E-state index in [1.165, 1.54) is 18.7 Å². The van der Waals surface area contributed by atoms with E-state index in [-0.39, 0.29) is 41.7 Å².